The third kappa shape index (κ3) is 4.70. The van der Waals surface area contributed by atoms with E-state index in [0.717, 1.165) is 16.9 Å². The van der Waals surface area contributed by atoms with E-state index in [1.165, 1.54) is 10.9 Å². The summed E-state index contributed by atoms with van der Waals surface area (Å²) in [5.41, 5.74) is 2.31. The van der Waals surface area contributed by atoms with Gasteiger partial charge in [-0.25, -0.2) is 4.98 Å². The van der Waals surface area contributed by atoms with Gasteiger partial charge in [0.05, 0.1) is 17.2 Å². The van der Waals surface area contributed by atoms with E-state index in [-0.39, 0.29) is 18.0 Å². The maximum absolute atomic E-state index is 12.5. The Morgan fingerprint density at radius 1 is 1.00 bits per heavy atom. The van der Waals surface area contributed by atoms with Crippen LogP contribution in [-0.4, -0.2) is 20.4 Å². The molecule has 0 aliphatic rings. The van der Waals surface area contributed by atoms with Crippen LogP contribution in [0.3, 0.4) is 0 Å². The number of nitrogens with zero attached hydrogens (tertiary/aromatic N) is 3. The molecule has 30 heavy (non-hydrogen) atoms. The summed E-state index contributed by atoms with van der Waals surface area (Å²) < 4.78 is 7.04. The van der Waals surface area contributed by atoms with Crippen molar-refractivity contribution in [3.8, 4) is 5.75 Å². The summed E-state index contributed by atoms with van der Waals surface area (Å²) in [6, 6.07) is 18.4. The normalized spacial score (nSPS) is 10.7. The highest BCUT2D eigenvalue weighted by Crippen LogP contribution is 2.14. The first-order valence-electron chi connectivity index (χ1n) is 9.50. The summed E-state index contributed by atoms with van der Waals surface area (Å²) in [4.78, 5) is 33.0. The van der Waals surface area contributed by atoms with Crippen LogP contribution >= 0.6 is 0 Å². The number of ether oxygens (including phenoxy) is 1. The predicted octanol–water partition coefficient (Wildman–Crippen LogP) is 2.69. The first-order chi connectivity index (χ1) is 14.7. The van der Waals surface area contributed by atoms with Gasteiger partial charge < -0.3 is 10.1 Å². The maximum atomic E-state index is 12.5. The molecule has 0 aliphatic heterocycles. The zero-order chi connectivity index (χ0) is 20.8. The van der Waals surface area contributed by atoms with Crippen LogP contribution in [0.1, 0.15) is 11.1 Å². The smallest absolute Gasteiger partial charge is 0.261 e. The van der Waals surface area contributed by atoms with Gasteiger partial charge in [-0.1, -0.05) is 30.3 Å². The Bertz CT molecular complexity index is 1200. The molecule has 4 aromatic rings. The van der Waals surface area contributed by atoms with Gasteiger partial charge in [0.25, 0.3) is 5.56 Å². The second-order valence-corrected chi connectivity index (χ2v) is 6.77. The van der Waals surface area contributed by atoms with Gasteiger partial charge >= 0.3 is 0 Å². The summed E-state index contributed by atoms with van der Waals surface area (Å²) in [5, 5.41) is 3.32. The molecule has 2 aromatic heterocycles. The summed E-state index contributed by atoms with van der Waals surface area (Å²) in [6.45, 7) is 0.721. The minimum absolute atomic E-state index is 0.0804. The topological polar surface area (TPSA) is 86.1 Å². The van der Waals surface area contributed by atoms with Crippen molar-refractivity contribution < 1.29 is 9.53 Å². The Balaban J connectivity index is 1.31. The van der Waals surface area contributed by atoms with Crippen LogP contribution in [0, 0.1) is 0 Å². The summed E-state index contributed by atoms with van der Waals surface area (Å²) in [5.74, 6) is 0.480. The second-order valence-electron chi connectivity index (χ2n) is 6.77. The highest BCUT2D eigenvalue weighted by molar-refractivity contribution is 5.78. The molecule has 0 atom stereocenters. The van der Waals surface area contributed by atoms with Crippen molar-refractivity contribution in [2.75, 3.05) is 0 Å². The van der Waals surface area contributed by atoms with Crippen LogP contribution in [0.5, 0.6) is 5.75 Å². The number of hydrogen-bond donors (Lipinski definition) is 1. The van der Waals surface area contributed by atoms with Crippen LogP contribution in [0.25, 0.3) is 10.9 Å². The van der Waals surface area contributed by atoms with Gasteiger partial charge in [0.2, 0.25) is 5.91 Å². The van der Waals surface area contributed by atoms with Crippen LogP contribution in [0.15, 0.2) is 84.2 Å². The Labute approximate surface area is 173 Å². The molecule has 0 bridgehead atoms. The molecule has 0 aliphatic carbocycles. The average Bonchev–Trinajstić information content (AvgIpc) is 2.80. The van der Waals surface area contributed by atoms with Crippen molar-refractivity contribution >= 4 is 16.8 Å². The van der Waals surface area contributed by atoms with E-state index in [2.05, 4.69) is 15.3 Å². The number of nitrogens with one attached hydrogen (secondary N) is 1. The Hall–Kier alpha value is -4.00. The Kier molecular flexibility index (Phi) is 5.80. The molecule has 2 aromatic carbocycles. The number of amides is 1. The molecule has 0 unspecified atom stereocenters. The fourth-order valence-corrected chi connectivity index (χ4v) is 2.98. The molecule has 0 radical (unpaired) electrons. The standard InChI is InChI=1S/C23H20N4O3/c28-22(14-27-16-26-21-6-2-1-5-20(21)23(27)29)25-13-17-7-9-19(10-8-17)30-15-18-4-3-11-24-12-18/h1-12,16H,13-15H2,(H,25,28). The van der Waals surface area contributed by atoms with Gasteiger partial charge in [0, 0.05) is 24.5 Å². The molecule has 0 saturated carbocycles. The lowest BCUT2D eigenvalue weighted by Crippen LogP contribution is -2.32. The van der Waals surface area contributed by atoms with E-state index in [4.69, 9.17) is 4.74 Å². The number of rotatable bonds is 7. The van der Waals surface area contributed by atoms with Crippen LogP contribution in [0.2, 0.25) is 0 Å². The molecular weight excluding hydrogens is 380 g/mol. The van der Waals surface area contributed by atoms with E-state index in [0.29, 0.717) is 24.1 Å². The lowest BCUT2D eigenvalue weighted by atomic mass is 10.2. The van der Waals surface area contributed by atoms with Gasteiger partial charge in [-0.15, -0.1) is 0 Å². The number of fused-ring (bicyclic) bond motifs is 1. The average molecular weight is 400 g/mol. The summed E-state index contributed by atoms with van der Waals surface area (Å²) in [7, 11) is 0. The quantitative estimate of drug-likeness (QED) is 0.515. The molecular formula is C23H20N4O3. The van der Waals surface area contributed by atoms with E-state index >= 15 is 0 Å². The largest absolute Gasteiger partial charge is 0.489 e. The van der Waals surface area contributed by atoms with Gasteiger partial charge in [-0.2, -0.15) is 0 Å². The maximum Gasteiger partial charge on any atom is 0.261 e. The highest BCUT2D eigenvalue weighted by atomic mass is 16.5. The molecule has 0 saturated heterocycles. The number of para-hydroxylation sites is 1. The van der Waals surface area contributed by atoms with Gasteiger partial charge in [-0.05, 0) is 35.9 Å². The minimum atomic E-state index is -0.258. The van der Waals surface area contributed by atoms with Gasteiger partial charge in [-0.3, -0.25) is 19.1 Å². The molecule has 1 amide bonds. The third-order valence-electron chi connectivity index (χ3n) is 4.59. The number of pyridine rings is 1. The number of carbonyl (C=O) groups excluding carboxylic acids is 1. The monoisotopic (exact) mass is 400 g/mol. The van der Waals surface area contributed by atoms with Crippen LogP contribution in [0.4, 0.5) is 0 Å². The van der Waals surface area contributed by atoms with E-state index in [9.17, 15) is 9.59 Å². The fourth-order valence-electron chi connectivity index (χ4n) is 2.98. The van der Waals surface area contributed by atoms with Crippen molar-refractivity contribution in [1.82, 2.24) is 19.9 Å². The second kappa shape index (κ2) is 9.00. The zero-order valence-electron chi connectivity index (χ0n) is 16.2. The lowest BCUT2D eigenvalue weighted by molar-refractivity contribution is -0.121. The Morgan fingerprint density at radius 2 is 1.83 bits per heavy atom. The molecule has 2 heterocycles. The van der Waals surface area contributed by atoms with Crippen LogP contribution < -0.4 is 15.6 Å². The Morgan fingerprint density at radius 3 is 2.63 bits per heavy atom. The van der Waals surface area contributed by atoms with E-state index in [1.54, 1.807) is 30.6 Å². The first kappa shape index (κ1) is 19.3. The van der Waals surface area contributed by atoms with Crippen molar-refractivity contribution in [3.63, 3.8) is 0 Å². The fraction of sp³-hybridized carbons (Fsp3) is 0.130. The van der Waals surface area contributed by atoms with Crippen molar-refractivity contribution in [3.05, 3.63) is 101 Å². The number of benzene rings is 2. The molecule has 7 heteroatoms. The highest BCUT2D eigenvalue weighted by Gasteiger charge is 2.08. The van der Waals surface area contributed by atoms with Crippen LogP contribution in [-0.2, 0) is 24.5 Å². The first-order valence-corrected chi connectivity index (χ1v) is 9.50. The lowest BCUT2D eigenvalue weighted by Gasteiger charge is -2.09. The predicted molar refractivity (Wildman–Crippen MR) is 113 cm³/mol. The van der Waals surface area contributed by atoms with E-state index in [1.807, 2.05) is 42.5 Å². The molecule has 4 rings (SSSR count). The van der Waals surface area contributed by atoms with Gasteiger partial charge in [0.15, 0.2) is 0 Å². The zero-order valence-corrected chi connectivity index (χ0v) is 16.2. The molecule has 7 nitrogen and oxygen atoms in total. The van der Waals surface area contributed by atoms with Crippen molar-refractivity contribution in [2.24, 2.45) is 0 Å². The number of hydrogen-bond acceptors (Lipinski definition) is 5. The van der Waals surface area contributed by atoms with Gasteiger partial charge in [0.1, 0.15) is 18.9 Å². The summed E-state index contributed by atoms with van der Waals surface area (Å²) in [6.07, 6.45) is 4.89. The molecule has 0 fully saturated rings. The number of carbonyl (C=O) groups is 1. The molecule has 0 spiro atoms. The van der Waals surface area contributed by atoms with Crippen molar-refractivity contribution in [1.29, 1.82) is 0 Å². The summed E-state index contributed by atoms with van der Waals surface area (Å²) >= 11 is 0. The number of aromatic nitrogens is 3. The van der Waals surface area contributed by atoms with Crippen molar-refractivity contribution in [2.45, 2.75) is 19.7 Å². The van der Waals surface area contributed by atoms with E-state index < -0.39 is 0 Å². The molecule has 150 valence electrons. The third-order valence-corrected chi connectivity index (χ3v) is 4.59. The minimum Gasteiger partial charge on any atom is -0.489 e. The molecule has 1 N–H and O–H groups in total. The SMILES string of the molecule is O=C(Cn1cnc2ccccc2c1=O)NCc1ccc(OCc2cccnc2)cc1.